The molecule has 0 saturated heterocycles. The molecule has 0 fully saturated rings. The van der Waals surface area contributed by atoms with Gasteiger partial charge in [-0.25, -0.2) is 0 Å². The second-order valence-electron chi connectivity index (χ2n) is 3.02. The molecular weight excluding hydrogens is 126 g/mol. The lowest BCUT2D eigenvalue weighted by Gasteiger charge is -2.13. The van der Waals surface area contributed by atoms with Crippen molar-refractivity contribution in [3.63, 3.8) is 0 Å². The second kappa shape index (κ2) is 5.69. The summed E-state index contributed by atoms with van der Waals surface area (Å²) < 4.78 is 0. The molecule has 0 radical (unpaired) electrons. The first-order valence-electron chi connectivity index (χ1n) is 4.07. The van der Waals surface area contributed by atoms with Gasteiger partial charge in [0.25, 0.3) is 0 Å². The molecule has 0 aliphatic rings. The van der Waals surface area contributed by atoms with Crippen LogP contribution in [0.4, 0.5) is 0 Å². The van der Waals surface area contributed by atoms with Crippen molar-refractivity contribution in [3.8, 4) is 0 Å². The van der Waals surface area contributed by atoms with Crippen molar-refractivity contribution in [3.05, 3.63) is 0 Å². The molecule has 0 aromatic heterocycles. The molecule has 0 aromatic rings. The summed E-state index contributed by atoms with van der Waals surface area (Å²) >= 11 is 0. The van der Waals surface area contributed by atoms with E-state index in [4.69, 9.17) is 10.8 Å². The molecule has 10 heavy (non-hydrogen) atoms. The highest BCUT2D eigenvalue weighted by Gasteiger charge is 2.05. The van der Waals surface area contributed by atoms with E-state index in [1.54, 1.807) is 0 Å². The zero-order valence-corrected chi connectivity index (χ0v) is 7.01. The summed E-state index contributed by atoms with van der Waals surface area (Å²) in [6, 6.07) is 0.194. The average molecular weight is 145 g/mol. The molecule has 62 valence electrons. The molecule has 2 atom stereocenters. The smallest absolute Gasteiger partial charge is 0.0445 e. The van der Waals surface area contributed by atoms with Crippen molar-refractivity contribution in [2.75, 3.05) is 6.61 Å². The second-order valence-corrected chi connectivity index (χ2v) is 3.02. The largest absolute Gasteiger partial charge is 0.396 e. The summed E-state index contributed by atoms with van der Waals surface area (Å²) in [5.41, 5.74) is 5.70. The number of hydrogen-bond donors (Lipinski definition) is 2. The van der Waals surface area contributed by atoms with Crippen LogP contribution < -0.4 is 5.73 Å². The monoisotopic (exact) mass is 145 g/mol. The zero-order valence-electron chi connectivity index (χ0n) is 7.01. The Balaban J connectivity index is 3.27. The summed E-state index contributed by atoms with van der Waals surface area (Å²) in [5.74, 6) is 0.696. The maximum atomic E-state index is 8.54. The molecule has 0 heterocycles. The van der Waals surface area contributed by atoms with Crippen LogP contribution in [-0.2, 0) is 0 Å². The van der Waals surface area contributed by atoms with Gasteiger partial charge in [0.15, 0.2) is 0 Å². The summed E-state index contributed by atoms with van der Waals surface area (Å²) in [7, 11) is 0. The first-order chi connectivity index (χ1) is 4.70. The molecule has 0 aliphatic carbocycles. The highest BCUT2D eigenvalue weighted by atomic mass is 16.3. The minimum atomic E-state index is 0.194. The lowest BCUT2D eigenvalue weighted by molar-refractivity contribution is 0.266. The molecule has 0 saturated carbocycles. The third kappa shape index (κ3) is 4.77. The highest BCUT2D eigenvalue weighted by Crippen LogP contribution is 2.09. The van der Waals surface area contributed by atoms with E-state index in [0.717, 1.165) is 12.8 Å². The molecule has 2 heteroatoms. The van der Waals surface area contributed by atoms with Gasteiger partial charge in [-0.3, -0.25) is 0 Å². The number of aliphatic hydroxyl groups excluding tert-OH is 1. The molecule has 0 aliphatic heterocycles. The molecule has 0 rings (SSSR count). The minimum absolute atomic E-state index is 0.194. The Morgan fingerprint density at radius 3 is 2.50 bits per heavy atom. The molecule has 3 N–H and O–H groups in total. The number of nitrogens with two attached hydrogens (primary N) is 1. The van der Waals surface area contributed by atoms with Crippen LogP contribution in [0.5, 0.6) is 0 Å². The van der Waals surface area contributed by atoms with Gasteiger partial charge < -0.3 is 10.8 Å². The van der Waals surface area contributed by atoms with Crippen LogP contribution in [0.1, 0.15) is 33.1 Å². The summed E-state index contributed by atoms with van der Waals surface area (Å²) in [5, 5.41) is 8.54. The lowest BCUT2D eigenvalue weighted by Crippen LogP contribution is -2.23. The van der Waals surface area contributed by atoms with E-state index in [9.17, 15) is 0 Å². The van der Waals surface area contributed by atoms with Gasteiger partial charge in [-0.1, -0.05) is 20.3 Å². The number of rotatable bonds is 5. The van der Waals surface area contributed by atoms with Crippen molar-refractivity contribution in [1.29, 1.82) is 0 Å². The Labute approximate surface area is 63.4 Å². The Morgan fingerprint density at radius 1 is 1.50 bits per heavy atom. The molecule has 2 nitrogen and oxygen atoms in total. The summed E-state index contributed by atoms with van der Waals surface area (Å²) in [6.07, 6.45) is 2.96. The third-order valence-corrected chi connectivity index (χ3v) is 1.90. The molecule has 0 spiro atoms. The topological polar surface area (TPSA) is 46.2 Å². The van der Waals surface area contributed by atoms with Gasteiger partial charge >= 0.3 is 0 Å². The van der Waals surface area contributed by atoms with Crippen molar-refractivity contribution < 1.29 is 5.11 Å². The van der Waals surface area contributed by atoms with E-state index in [-0.39, 0.29) is 12.6 Å². The molecule has 0 aromatic carbocycles. The van der Waals surface area contributed by atoms with Crippen molar-refractivity contribution >= 4 is 0 Å². The number of aliphatic hydroxyl groups is 1. The Kier molecular flexibility index (Phi) is 5.64. The van der Waals surface area contributed by atoms with Crippen molar-refractivity contribution in [1.82, 2.24) is 0 Å². The van der Waals surface area contributed by atoms with Gasteiger partial charge in [0.1, 0.15) is 0 Å². The van der Waals surface area contributed by atoms with Crippen LogP contribution in [0, 0.1) is 5.92 Å². The Hall–Kier alpha value is -0.0800. The molecular formula is C8H19NO. The van der Waals surface area contributed by atoms with Crippen LogP contribution in [0.2, 0.25) is 0 Å². The molecule has 0 bridgehead atoms. The fourth-order valence-corrected chi connectivity index (χ4v) is 0.967. The molecule has 0 amide bonds. The van der Waals surface area contributed by atoms with Gasteiger partial charge in [0.05, 0.1) is 0 Å². The van der Waals surface area contributed by atoms with Gasteiger partial charge in [-0.15, -0.1) is 0 Å². The van der Waals surface area contributed by atoms with Gasteiger partial charge in [0, 0.05) is 12.6 Å². The van der Waals surface area contributed by atoms with E-state index in [2.05, 4.69) is 13.8 Å². The zero-order chi connectivity index (χ0) is 7.98. The normalized spacial score (nSPS) is 16.8. The van der Waals surface area contributed by atoms with Crippen LogP contribution in [0.3, 0.4) is 0 Å². The highest BCUT2D eigenvalue weighted by molar-refractivity contribution is 4.63. The van der Waals surface area contributed by atoms with Crippen molar-refractivity contribution in [2.24, 2.45) is 11.7 Å². The quantitative estimate of drug-likeness (QED) is 0.609. The predicted molar refractivity (Wildman–Crippen MR) is 43.8 cm³/mol. The van der Waals surface area contributed by atoms with E-state index in [1.165, 1.54) is 6.42 Å². The fourth-order valence-electron chi connectivity index (χ4n) is 0.967. The van der Waals surface area contributed by atoms with Crippen LogP contribution in [0.15, 0.2) is 0 Å². The van der Waals surface area contributed by atoms with Gasteiger partial charge in [-0.2, -0.15) is 0 Å². The first kappa shape index (κ1) is 9.92. The fraction of sp³-hybridized carbons (Fsp3) is 1.00. The summed E-state index contributed by atoms with van der Waals surface area (Å²) in [6.45, 7) is 4.57. The third-order valence-electron chi connectivity index (χ3n) is 1.90. The maximum Gasteiger partial charge on any atom is 0.0445 e. The minimum Gasteiger partial charge on any atom is -0.396 e. The number of hydrogen-bond acceptors (Lipinski definition) is 2. The summed E-state index contributed by atoms with van der Waals surface area (Å²) in [4.78, 5) is 0. The SMILES string of the molecule is CCC(C)CC(N)CCO. The Morgan fingerprint density at radius 2 is 2.10 bits per heavy atom. The average Bonchev–Trinajstić information content (AvgIpc) is 1.88. The maximum absolute atomic E-state index is 8.54. The van der Waals surface area contributed by atoms with Crippen LogP contribution in [0.25, 0.3) is 0 Å². The van der Waals surface area contributed by atoms with E-state index in [1.807, 2.05) is 0 Å². The van der Waals surface area contributed by atoms with Gasteiger partial charge in [0.2, 0.25) is 0 Å². The molecule has 2 unspecified atom stereocenters. The lowest BCUT2D eigenvalue weighted by atomic mass is 9.98. The van der Waals surface area contributed by atoms with Crippen molar-refractivity contribution in [2.45, 2.75) is 39.2 Å². The first-order valence-corrected chi connectivity index (χ1v) is 4.07. The van der Waals surface area contributed by atoms with E-state index < -0.39 is 0 Å². The van der Waals surface area contributed by atoms with E-state index in [0.29, 0.717) is 5.92 Å². The Bertz CT molecular complexity index is 75.7. The van der Waals surface area contributed by atoms with E-state index >= 15 is 0 Å². The van der Waals surface area contributed by atoms with Gasteiger partial charge in [-0.05, 0) is 18.8 Å². The van der Waals surface area contributed by atoms with Crippen LogP contribution in [-0.4, -0.2) is 17.8 Å². The van der Waals surface area contributed by atoms with Crippen LogP contribution >= 0.6 is 0 Å². The standard InChI is InChI=1S/C8H19NO/c1-3-7(2)6-8(9)4-5-10/h7-8,10H,3-6,9H2,1-2H3. The predicted octanol–water partition coefficient (Wildman–Crippen LogP) is 1.13.